The molecule has 4 rings (SSSR count). The molecule has 3 heterocycles. The van der Waals surface area contributed by atoms with Gasteiger partial charge in [0.15, 0.2) is 12.1 Å². The summed E-state index contributed by atoms with van der Waals surface area (Å²) < 4.78 is 35.8. The molecule has 3 aliphatic rings. The molecule has 8 heteroatoms. The average molecular weight is 453 g/mol. The fourth-order valence-electron chi connectivity index (χ4n) is 5.07. The molecule has 0 bridgehead atoms. The van der Waals surface area contributed by atoms with Gasteiger partial charge in [0.25, 0.3) is 0 Å². The maximum atomic E-state index is 10.4. The molecule has 0 amide bonds. The van der Waals surface area contributed by atoms with Gasteiger partial charge in [-0.05, 0) is 12.1 Å². The Kier molecular flexibility index (Phi) is 7.72. The zero-order valence-electron chi connectivity index (χ0n) is 19.1. The van der Waals surface area contributed by atoms with E-state index in [1.54, 1.807) is 14.2 Å². The van der Waals surface area contributed by atoms with Gasteiger partial charge in [-0.15, -0.1) is 0 Å². The lowest BCUT2D eigenvalue weighted by molar-refractivity contribution is -0.347. The zero-order chi connectivity index (χ0) is 22.7. The van der Waals surface area contributed by atoms with E-state index in [4.69, 9.17) is 28.4 Å². The van der Waals surface area contributed by atoms with E-state index in [1.807, 2.05) is 24.3 Å². The minimum atomic E-state index is -0.946. The van der Waals surface area contributed by atoms with Crippen LogP contribution in [0.15, 0.2) is 24.3 Å². The third kappa shape index (κ3) is 5.44. The molecular formula is C24H36O8. The van der Waals surface area contributed by atoms with Crippen LogP contribution in [0.4, 0.5) is 0 Å². The molecule has 3 saturated heterocycles. The molecule has 180 valence electrons. The fraction of sp³-hybridized carbons (Fsp3) is 0.750. The first-order valence-electron chi connectivity index (χ1n) is 11.5. The zero-order valence-corrected chi connectivity index (χ0v) is 19.1. The minimum absolute atomic E-state index is 0.0501. The number of aliphatic hydroxyl groups excluding tert-OH is 2. The highest BCUT2D eigenvalue weighted by atomic mass is 16.7. The lowest BCUT2D eigenvalue weighted by Crippen LogP contribution is -2.56. The van der Waals surface area contributed by atoms with Crippen LogP contribution in [0.5, 0.6) is 5.75 Å². The number of hydrogen-bond donors (Lipinski definition) is 2. The number of benzene rings is 1. The topological polar surface area (TPSA) is 95.8 Å². The summed E-state index contributed by atoms with van der Waals surface area (Å²) in [4.78, 5) is 0. The average Bonchev–Trinajstić information content (AvgIpc) is 2.79. The number of rotatable bonds is 6. The molecule has 0 aliphatic carbocycles. The highest BCUT2D eigenvalue weighted by molar-refractivity contribution is 5.28. The Morgan fingerprint density at radius 1 is 1.06 bits per heavy atom. The summed E-state index contributed by atoms with van der Waals surface area (Å²) in [5.74, 6) is 0.0465. The van der Waals surface area contributed by atoms with E-state index in [2.05, 4.69) is 6.92 Å². The van der Waals surface area contributed by atoms with Crippen LogP contribution < -0.4 is 4.74 Å². The van der Waals surface area contributed by atoms with Gasteiger partial charge in [0, 0.05) is 50.7 Å². The van der Waals surface area contributed by atoms with Gasteiger partial charge in [0.1, 0.15) is 5.75 Å². The number of hydrogen-bond acceptors (Lipinski definition) is 8. The van der Waals surface area contributed by atoms with Gasteiger partial charge in [-0.1, -0.05) is 19.1 Å². The summed E-state index contributed by atoms with van der Waals surface area (Å²) in [7, 11) is 3.33. The van der Waals surface area contributed by atoms with Gasteiger partial charge >= 0.3 is 0 Å². The first-order chi connectivity index (χ1) is 15.4. The van der Waals surface area contributed by atoms with E-state index in [0.29, 0.717) is 32.3 Å². The predicted molar refractivity (Wildman–Crippen MR) is 115 cm³/mol. The minimum Gasteiger partial charge on any atom is -0.497 e. The van der Waals surface area contributed by atoms with Crippen LogP contribution in [-0.4, -0.2) is 74.0 Å². The molecule has 3 fully saturated rings. The largest absolute Gasteiger partial charge is 0.497 e. The van der Waals surface area contributed by atoms with Gasteiger partial charge in [0.05, 0.1) is 50.8 Å². The summed E-state index contributed by atoms with van der Waals surface area (Å²) in [6, 6.07) is 7.71. The second-order valence-electron chi connectivity index (χ2n) is 9.29. The SMILES string of the molecule is COc1ccc(C2OC[C@H](C)[C@@H](C[C@@H]3C[C@H](OC)C[C@]4(C[C@@H](O)C[C@H](CO)O4)O3)O2)cc1. The quantitative estimate of drug-likeness (QED) is 0.680. The molecule has 8 atom stereocenters. The normalized spacial score (nSPS) is 40.3. The van der Waals surface area contributed by atoms with Crippen LogP contribution in [0, 0.1) is 5.92 Å². The second kappa shape index (κ2) is 10.3. The van der Waals surface area contributed by atoms with Gasteiger partial charge < -0.3 is 38.6 Å². The number of methoxy groups -OCH3 is 2. The van der Waals surface area contributed by atoms with Crippen molar-refractivity contribution < 1.29 is 38.6 Å². The molecular weight excluding hydrogens is 416 g/mol. The first kappa shape index (κ1) is 23.9. The Hall–Kier alpha value is -1.26. The summed E-state index contributed by atoms with van der Waals surface area (Å²) in [5.41, 5.74) is 0.947. The fourth-order valence-corrected chi connectivity index (χ4v) is 5.07. The number of aliphatic hydroxyl groups is 2. The van der Waals surface area contributed by atoms with Crippen LogP contribution >= 0.6 is 0 Å². The first-order valence-corrected chi connectivity index (χ1v) is 11.5. The molecule has 3 aliphatic heterocycles. The van der Waals surface area contributed by atoms with E-state index in [-0.39, 0.29) is 30.8 Å². The molecule has 1 unspecified atom stereocenters. The molecule has 1 aromatic rings. The molecule has 1 aromatic carbocycles. The predicted octanol–water partition coefficient (Wildman–Crippen LogP) is 2.56. The van der Waals surface area contributed by atoms with E-state index in [1.165, 1.54) is 0 Å². The van der Waals surface area contributed by atoms with E-state index >= 15 is 0 Å². The van der Waals surface area contributed by atoms with Gasteiger partial charge in [-0.3, -0.25) is 0 Å². The Balaban J connectivity index is 1.44. The Morgan fingerprint density at radius 3 is 2.50 bits per heavy atom. The van der Waals surface area contributed by atoms with Gasteiger partial charge in [-0.25, -0.2) is 0 Å². The van der Waals surface area contributed by atoms with Crippen molar-refractivity contribution in [2.45, 2.75) is 81.6 Å². The van der Waals surface area contributed by atoms with Crippen molar-refractivity contribution in [1.29, 1.82) is 0 Å². The van der Waals surface area contributed by atoms with Crippen LogP contribution in [0.2, 0.25) is 0 Å². The van der Waals surface area contributed by atoms with Crippen molar-refractivity contribution in [2.75, 3.05) is 27.4 Å². The van der Waals surface area contributed by atoms with E-state index in [0.717, 1.165) is 17.7 Å². The number of ether oxygens (including phenoxy) is 6. The third-order valence-corrected chi connectivity index (χ3v) is 6.77. The van der Waals surface area contributed by atoms with Crippen LogP contribution in [-0.2, 0) is 23.7 Å². The van der Waals surface area contributed by atoms with Gasteiger partial charge in [0.2, 0.25) is 0 Å². The van der Waals surface area contributed by atoms with Crippen molar-refractivity contribution in [3.05, 3.63) is 29.8 Å². The standard InChI is InChI=1S/C24H36O8/c1-15-14-29-23(16-4-6-18(27-2)7-5-16)30-22(15)10-19-9-20(28-3)12-24(31-19)11-17(26)8-21(13-25)32-24/h4-7,15,17,19-23,25-26H,8-14H2,1-3H3/t15-,17-,19-,20-,21+,22+,23?,24+/m0/s1. The molecule has 2 N–H and O–H groups in total. The van der Waals surface area contributed by atoms with Crippen molar-refractivity contribution in [3.8, 4) is 5.75 Å². The van der Waals surface area contributed by atoms with E-state index < -0.39 is 24.3 Å². The monoisotopic (exact) mass is 452 g/mol. The lowest BCUT2D eigenvalue weighted by Gasteiger charge is -2.49. The molecule has 8 nitrogen and oxygen atoms in total. The molecule has 0 saturated carbocycles. The van der Waals surface area contributed by atoms with Crippen molar-refractivity contribution in [3.63, 3.8) is 0 Å². The molecule has 1 spiro atoms. The maximum Gasteiger partial charge on any atom is 0.184 e. The molecule has 0 aromatic heterocycles. The summed E-state index contributed by atoms with van der Waals surface area (Å²) in [6.07, 6.45) is 0.997. The van der Waals surface area contributed by atoms with E-state index in [9.17, 15) is 10.2 Å². The smallest absolute Gasteiger partial charge is 0.184 e. The third-order valence-electron chi connectivity index (χ3n) is 6.77. The highest BCUT2D eigenvalue weighted by Gasteiger charge is 2.49. The Labute approximate surface area is 189 Å². The summed E-state index contributed by atoms with van der Waals surface area (Å²) in [6.45, 7) is 2.56. The van der Waals surface area contributed by atoms with Gasteiger partial charge in [-0.2, -0.15) is 0 Å². The van der Waals surface area contributed by atoms with Crippen molar-refractivity contribution in [1.82, 2.24) is 0 Å². The van der Waals surface area contributed by atoms with Crippen LogP contribution in [0.1, 0.15) is 50.9 Å². The summed E-state index contributed by atoms with van der Waals surface area (Å²) in [5, 5.41) is 20.0. The molecule has 0 radical (unpaired) electrons. The van der Waals surface area contributed by atoms with Crippen molar-refractivity contribution >= 4 is 0 Å². The van der Waals surface area contributed by atoms with Crippen LogP contribution in [0.25, 0.3) is 0 Å². The second-order valence-corrected chi connectivity index (χ2v) is 9.29. The molecule has 32 heavy (non-hydrogen) atoms. The lowest BCUT2D eigenvalue weighted by atomic mass is 9.87. The van der Waals surface area contributed by atoms with Crippen LogP contribution in [0.3, 0.4) is 0 Å². The Morgan fingerprint density at radius 2 is 1.81 bits per heavy atom. The summed E-state index contributed by atoms with van der Waals surface area (Å²) >= 11 is 0. The highest BCUT2D eigenvalue weighted by Crippen LogP contribution is 2.42. The van der Waals surface area contributed by atoms with Crippen molar-refractivity contribution in [2.24, 2.45) is 5.92 Å². The Bertz CT molecular complexity index is 723. The maximum absolute atomic E-state index is 10.4.